The van der Waals surface area contributed by atoms with E-state index >= 15 is 0 Å². The first-order valence-electron chi connectivity index (χ1n) is 16.6. The number of amides is 1. The molecule has 4 atom stereocenters. The predicted molar refractivity (Wildman–Crippen MR) is 177 cm³/mol. The molecule has 2 bridgehead atoms. The third-order valence-electron chi connectivity index (χ3n) is 10.6. The van der Waals surface area contributed by atoms with E-state index < -0.39 is 0 Å². The number of nitrogens with one attached hydrogen (secondary N) is 1. The average Bonchev–Trinajstić information content (AvgIpc) is 3.49. The Morgan fingerprint density at radius 3 is 2.40 bits per heavy atom. The Morgan fingerprint density at radius 1 is 0.933 bits per heavy atom. The van der Waals surface area contributed by atoms with Crippen molar-refractivity contribution >= 4 is 5.91 Å². The van der Waals surface area contributed by atoms with Crippen LogP contribution in [0.2, 0.25) is 0 Å². The number of halogens is 1. The van der Waals surface area contributed by atoms with Crippen LogP contribution in [0.1, 0.15) is 56.2 Å². The van der Waals surface area contributed by atoms with Crippen molar-refractivity contribution in [1.29, 1.82) is 0 Å². The molecule has 7 heteroatoms. The first kappa shape index (κ1) is 31.9. The molecule has 1 unspecified atom stereocenters. The van der Waals surface area contributed by atoms with Gasteiger partial charge in [-0.3, -0.25) is 14.5 Å². The van der Waals surface area contributed by atoms with Crippen LogP contribution < -0.4 is 5.32 Å². The van der Waals surface area contributed by atoms with Gasteiger partial charge in [0.05, 0.1) is 6.61 Å². The van der Waals surface area contributed by atoms with Gasteiger partial charge < -0.3 is 10.2 Å². The molecule has 0 spiro atoms. The SMILES string of the molecule is CN(C)CCN(Cc1cccc(CN2OCC[C@H]2C(=O)NC2C[C@@H]3C[C@H](C2)C3(C)C)c1)Cc1ccccc1-c1ccc(F)cc1. The molecule has 4 fully saturated rings. The van der Waals surface area contributed by atoms with Crippen molar-refractivity contribution in [3.05, 3.63) is 95.3 Å². The van der Waals surface area contributed by atoms with E-state index in [-0.39, 0.29) is 17.8 Å². The molecule has 1 heterocycles. The maximum absolute atomic E-state index is 13.6. The molecule has 1 aliphatic heterocycles. The Morgan fingerprint density at radius 2 is 1.67 bits per heavy atom. The topological polar surface area (TPSA) is 48.1 Å². The molecule has 1 saturated heterocycles. The van der Waals surface area contributed by atoms with Crippen molar-refractivity contribution in [2.75, 3.05) is 33.8 Å². The van der Waals surface area contributed by atoms with Gasteiger partial charge in [0, 0.05) is 38.8 Å². The molecule has 0 aromatic heterocycles. The molecule has 1 N–H and O–H groups in total. The highest BCUT2D eigenvalue weighted by atomic mass is 19.1. The second-order valence-electron chi connectivity index (χ2n) is 14.3. The van der Waals surface area contributed by atoms with Crippen LogP contribution in [0.25, 0.3) is 11.1 Å². The van der Waals surface area contributed by atoms with E-state index in [0.717, 1.165) is 74.0 Å². The molecule has 240 valence electrons. The molecule has 4 aliphatic rings. The van der Waals surface area contributed by atoms with E-state index in [9.17, 15) is 9.18 Å². The van der Waals surface area contributed by atoms with Gasteiger partial charge in [-0.15, -0.1) is 0 Å². The summed E-state index contributed by atoms with van der Waals surface area (Å²) in [5, 5.41) is 5.28. The highest BCUT2D eigenvalue weighted by Crippen LogP contribution is 2.59. The van der Waals surface area contributed by atoms with Crippen molar-refractivity contribution in [3.63, 3.8) is 0 Å². The van der Waals surface area contributed by atoms with Gasteiger partial charge in [0.1, 0.15) is 11.9 Å². The van der Waals surface area contributed by atoms with Crippen molar-refractivity contribution in [2.45, 2.75) is 71.2 Å². The molecule has 3 aromatic rings. The number of hydrogen-bond acceptors (Lipinski definition) is 5. The third kappa shape index (κ3) is 7.49. The molecule has 3 aromatic carbocycles. The number of likely N-dealkylation sites (N-methyl/N-ethyl adjacent to an activating group) is 1. The average molecular weight is 613 g/mol. The van der Waals surface area contributed by atoms with Gasteiger partial charge in [0.25, 0.3) is 0 Å². The van der Waals surface area contributed by atoms with Crippen LogP contribution in [0.5, 0.6) is 0 Å². The van der Waals surface area contributed by atoms with E-state index in [1.165, 1.54) is 29.7 Å². The van der Waals surface area contributed by atoms with Crippen molar-refractivity contribution in [1.82, 2.24) is 20.2 Å². The summed E-state index contributed by atoms with van der Waals surface area (Å²) in [6, 6.07) is 23.9. The van der Waals surface area contributed by atoms with Gasteiger partial charge in [0.15, 0.2) is 0 Å². The van der Waals surface area contributed by atoms with Crippen molar-refractivity contribution < 1.29 is 14.0 Å². The molecule has 45 heavy (non-hydrogen) atoms. The van der Waals surface area contributed by atoms with Crippen LogP contribution in [-0.4, -0.2) is 66.6 Å². The van der Waals surface area contributed by atoms with Gasteiger partial charge in [0.2, 0.25) is 5.91 Å². The number of fused-ring (bicyclic) bond motifs is 2. The molecular weight excluding hydrogens is 563 g/mol. The molecule has 3 saturated carbocycles. The van der Waals surface area contributed by atoms with Crippen LogP contribution in [0, 0.1) is 23.1 Å². The van der Waals surface area contributed by atoms with Gasteiger partial charge in [-0.1, -0.05) is 74.5 Å². The Labute approximate surface area is 268 Å². The second-order valence-corrected chi connectivity index (χ2v) is 14.3. The summed E-state index contributed by atoms with van der Waals surface area (Å²) >= 11 is 0. The Balaban J connectivity index is 1.11. The van der Waals surface area contributed by atoms with Gasteiger partial charge >= 0.3 is 0 Å². The van der Waals surface area contributed by atoms with Gasteiger partial charge in [-0.05, 0) is 97.0 Å². The summed E-state index contributed by atoms with van der Waals surface area (Å²) in [7, 11) is 4.21. The first-order chi connectivity index (χ1) is 21.7. The zero-order valence-electron chi connectivity index (χ0n) is 27.3. The highest BCUT2D eigenvalue weighted by Gasteiger charge is 2.53. The highest BCUT2D eigenvalue weighted by molar-refractivity contribution is 5.82. The molecule has 0 radical (unpaired) electrons. The van der Waals surface area contributed by atoms with E-state index in [4.69, 9.17) is 4.84 Å². The van der Waals surface area contributed by atoms with Crippen LogP contribution >= 0.6 is 0 Å². The van der Waals surface area contributed by atoms with E-state index in [2.05, 4.69) is 85.5 Å². The molecule has 3 aliphatic carbocycles. The quantitative estimate of drug-likeness (QED) is 0.253. The molecular formula is C38H49FN4O2. The summed E-state index contributed by atoms with van der Waals surface area (Å²) < 4.78 is 13.6. The minimum absolute atomic E-state index is 0.113. The zero-order valence-corrected chi connectivity index (χ0v) is 27.3. The maximum atomic E-state index is 13.6. The lowest BCUT2D eigenvalue weighted by atomic mass is 9.48. The van der Waals surface area contributed by atoms with Crippen molar-refractivity contribution in [3.8, 4) is 11.1 Å². The third-order valence-corrected chi connectivity index (χ3v) is 10.6. The summed E-state index contributed by atoms with van der Waals surface area (Å²) in [6.45, 7) is 9.36. The van der Waals surface area contributed by atoms with Crippen molar-refractivity contribution in [2.24, 2.45) is 17.3 Å². The number of nitrogens with zero attached hydrogens (tertiary/aromatic N) is 3. The monoisotopic (exact) mass is 612 g/mol. The van der Waals surface area contributed by atoms with Crippen LogP contribution in [-0.2, 0) is 29.3 Å². The number of rotatable bonds is 12. The maximum Gasteiger partial charge on any atom is 0.240 e. The van der Waals surface area contributed by atoms with Gasteiger partial charge in [-0.25, -0.2) is 4.39 Å². The number of hydrogen-bond donors (Lipinski definition) is 1. The molecule has 7 rings (SSSR count). The summed E-state index contributed by atoms with van der Waals surface area (Å²) in [5.74, 6) is 1.35. The largest absolute Gasteiger partial charge is 0.352 e. The minimum atomic E-state index is -0.250. The summed E-state index contributed by atoms with van der Waals surface area (Å²) in [4.78, 5) is 24.1. The smallest absolute Gasteiger partial charge is 0.240 e. The lowest BCUT2D eigenvalue weighted by Crippen LogP contribution is -2.57. The Hall–Kier alpha value is -3.10. The van der Waals surface area contributed by atoms with Crippen LogP contribution in [0.4, 0.5) is 4.39 Å². The van der Waals surface area contributed by atoms with E-state index in [1.54, 1.807) is 0 Å². The fraction of sp³-hybridized carbons (Fsp3) is 0.500. The number of carbonyl (C=O) groups excluding carboxylic acids is 1. The van der Waals surface area contributed by atoms with Crippen LogP contribution in [0.3, 0.4) is 0 Å². The lowest BCUT2D eigenvalue weighted by Gasteiger charge is -2.59. The van der Waals surface area contributed by atoms with E-state index in [1.807, 2.05) is 23.3 Å². The molecule has 6 nitrogen and oxygen atoms in total. The fourth-order valence-electron chi connectivity index (χ4n) is 7.69. The summed E-state index contributed by atoms with van der Waals surface area (Å²) in [6.07, 6.45) is 4.25. The number of hydroxylamine groups is 2. The summed E-state index contributed by atoms with van der Waals surface area (Å²) in [5.41, 5.74) is 6.18. The minimum Gasteiger partial charge on any atom is -0.352 e. The van der Waals surface area contributed by atoms with E-state index in [0.29, 0.717) is 24.6 Å². The first-order valence-corrected chi connectivity index (χ1v) is 16.6. The van der Waals surface area contributed by atoms with Crippen LogP contribution in [0.15, 0.2) is 72.8 Å². The normalized spacial score (nSPS) is 24.2. The zero-order chi connectivity index (χ0) is 31.6. The van der Waals surface area contributed by atoms with Gasteiger partial charge in [-0.2, -0.15) is 5.06 Å². The second kappa shape index (κ2) is 13.7. The Kier molecular flexibility index (Phi) is 9.71. The Bertz CT molecular complexity index is 1440. The molecule has 1 amide bonds. The fourth-order valence-corrected chi connectivity index (χ4v) is 7.69. The lowest BCUT2D eigenvalue weighted by molar-refractivity contribution is -0.159. The predicted octanol–water partition coefficient (Wildman–Crippen LogP) is 6.50. The number of benzene rings is 3. The number of carbonyl (C=O) groups is 1. The standard InChI is InChI=1S/C38H49FN4O2/c1-38(2)31-21-32(38)23-34(22-31)40-37(44)36-16-19-45-43(36)25-28-9-7-8-27(20-28)24-42(18-17-41(3)4)26-30-10-5-6-11-35(30)29-12-14-33(39)15-13-29/h5-15,20,31-32,34,36H,16-19,21-26H2,1-4H3,(H,40,44)/t31-,32+,34?,36-/m0/s1.